The van der Waals surface area contributed by atoms with Crippen molar-refractivity contribution in [3.05, 3.63) is 109 Å². The van der Waals surface area contributed by atoms with Crippen molar-refractivity contribution in [3.63, 3.8) is 0 Å². The molecule has 0 spiro atoms. The van der Waals surface area contributed by atoms with Crippen LogP contribution in [0, 0.1) is 13.7 Å². The Bertz CT molecular complexity index is 1200. The van der Waals surface area contributed by atoms with Crippen molar-refractivity contribution in [2.45, 2.75) is 6.61 Å². The lowest BCUT2D eigenvalue weighted by Gasteiger charge is -2.09. The van der Waals surface area contributed by atoms with E-state index in [9.17, 15) is 14.9 Å². The number of rotatable bonds is 6. The number of non-ortho nitro benzene ring substituents is 1. The predicted molar refractivity (Wildman–Crippen MR) is 124 cm³/mol. The molecule has 1 aliphatic rings. The first-order valence-corrected chi connectivity index (χ1v) is 10.3. The number of halogens is 1. The van der Waals surface area contributed by atoms with E-state index in [0.717, 1.165) is 14.7 Å². The molecule has 1 heterocycles. The largest absolute Gasteiger partial charge is 0.488 e. The van der Waals surface area contributed by atoms with E-state index in [0.29, 0.717) is 11.3 Å². The third-order valence-electron chi connectivity index (χ3n) is 4.46. The van der Waals surface area contributed by atoms with E-state index in [4.69, 9.17) is 9.47 Å². The summed E-state index contributed by atoms with van der Waals surface area (Å²) in [4.78, 5) is 27.0. The van der Waals surface area contributed by atoms with Crippen LogP contribution in [0.25, 0.3) is 6.08 Å². The summed E-state index contributed by atoms with van der Waals surface area (Å²) in [7, 11) is 0. The number of carbonyl (C=O) groups excluding carboxylic acids is 1. The Morgan fingerprint density at radius 3 is 2.45 bits per heavy atom. The molecule has 3 aromatic rings. The highest BCUT2D eigenvalue weighted by Gasteiger charge is 2.24. The SMILES string of the molecule is O=C1OC(c2ccc(I)cc2)=N/C1=C\c1ccccc1OCc1ccc([N+](=O)[O-])cc1. The first-order chi connectivity index (χ1) is 15.0. The summed E-state index contributed by atoms with van der Waals surface area (Å²) < 4.78 is 12.3. The van der Waals surface area contributed by atoms with Gasteiger partial charge >= 0.3 is 5.97 Å². The monoisotopic (exact) mass is 526 g/mol. The number of esters is 1. The maximum atomic E-state index is 12.3. The van der Waals surface area contributed by atoms with Gasteiger partial charge in [-0.3, -0.25) is 10.1 Å². The average molecular weight is 526 g/mol. The van der Waals surface area contributed by atoms with Gasteiger partial charge in [-0.05, 0) is 76.7 Å². The molecule has 0 saturated carbocycles. The van der Waals surface area contributed by atoms with E-state index >= 15 is 0 Å². The van der Waals surface area contributed by atoms with Gasteiger partial charge in [-0.15, -0.1) is 0 Å². The molecule has 0 fully saturated rings. The molecule has 8 heteroatoms. The molecule has 0 amide bonds. The molecule has 7 nitrogen and oxygen atoms in total. The molecule has 0 N–H and O–H groups in total. The maximum Gasteiger partial charge on any atom is 0.363 e. The van der Waals surface area contributed by atoms with Gasteiger partial charge in [-0.25, -0.2) is 9.79 Å². The molecule has 0 atom stereocenters. The summed E-state index contributed by atoms with van der Waals surface area (Å²) in [5.41, 5.74) is 2.38. The summed E-state index contributed by atoms with van der Waals surface area (Å²) in [5.74, 6) is 0.287. The number of nitro benzene ring substituents is 1. The van der Waals surface area contributed by atoms with Crippen LogP contribution in [0.1, 0.15) is 16.7 Å². The fourth-order valence-corrected chi connectivity index (χ4v) is 3.24. The van der Waals surface area contributed by atoms with Crippen LogP contribution in [0.2, 0.25) is 0 Å². The van der Waals surface area contributed by atoms with Gasteiger partial charge in [0.25, 0.3) is 5.69 Å². The number of hydrogen-bond donors (Lipinski definition) is 0. The van der Waals surface area contributed by atoms with Crippen molar-refractivity contribution >= 4 is 46.2 Å². The number of ether oxygens (including phenoxy) is 2. The van der Waals surface area contributed by atoms with Crippen LogP contribution < -0.4 is 4.74 Å². The molecule has 154 valence electrons. The lowest BCUT2D eigenvalue weighted by Crippen LogP contribution is -2.05. The molecule has 0 bridgehead atoms. The van der Waals surface area contributed by atoms with Crippen LogP contribution in [-0.2, 0) is 16.1 Å². The summed E-state index contributed by atoms with van der Waals surface area (Å²) in [5, 5.41) is 10.8. The van der Waals surface area contributed by atoms with Crippen LogP contribution in [0.5, 0.6) is 5.75 Å². The van der Waals surface area contributed by atoms with E-state index in [1.165, 1.54) is 12.1 Å². The number of benzene rings is 3. The molecule has 0 saturated heterocycles. The number of cyclic esters (lactones) is 1. The molecule has 3 aromatic carbocycles. The second-order valence-corrected chi connectivity index (χ2v) is 7.84. The second-order valence-electron chi connectivity index (χ2n) is 6.59. The first-order valence-electron chi connectivity index (χ1n) is 9.23. The summed E-state index contributed by atoms with van der Waals surface area (Å²) in [6, 6.07) is 20.9. The minimum Gasteiger partial charge on any atom is -0.488 e. The second kappa shape index (κ2) is 9.09. The predicted octanol–water partition coefficient (Wildman–Crippen LogP) is 5.12. The minimum absolute atomic E-state index is 0.0235. The highest BCUT2D eigenvalue weighted by molar-refractivity contribution is 14.1. The lowest BCUT2D eigenvalue weighted by molar-refractivity contribution is -0.384. The zero-order chi connectivity index (χ0) is 21.8. The summed E-state index contributed by atoms with van der Waals surface area (Å²) in [6.45, 7) is 0.222. The first kappa shape index (κ1) is 20.7. The third-order valence-corrected chi connectivity index (χ3v) is 5.18. The van der Waals surface area contributed by atoms with Crippen LogP contribution in [0.3, 0.4) is 0 Å². The van der Waals surface area contributed by atoms with E-state index in [-0.39, 0.29) is 23.9 Å². The van der Waals surface area contributed by atoms with E-state index < -0.39 is 10.9 Å². The molecular weight excluding hydrogens is 511 g/mol. The fraction of sp³-hybridized carbons (Fsp3) is 0.0435. The molecule has 0 radical (unpaired) electrons. The standard InChI is InChI=1S/C23H15IN2O5/c24-18-9-7-16(8-10-18)22-25-20(23(27)31-22)13-17-3-1-2-4-21(17)30-14-15-5-11-19(12-6-15)26(28)29/h1-13H,14H2/b20-13-. The average Bonchev–Trinajstić information content (AvgIpc) is 3.14. The van der Waals surface area contributed by atoms with E-state index in [1.807, 2.05) is 42.5 Å². The van der Waals surface area contributed by atoms with Gasteiger partial charge in [0.15, 0.2) is 5.70 Å². The van der Waals surface area contributed by atoms with E-state index in [1.54, 1.807) is 24.3 Å². The Hall–Kier alpha value is -3.53. The van der Waals surface area contributed by atoms with Gasteiger partial charge in [0.2, 0.25) is 5.90 Å². The molecule has 4 rings (SSSR count). The zero-order valence-electron chi connectivity index (χ0n) is 16.0. The number of aliphatic imine (C=N–C) groups is 1. The number of hydrogen-bond acceptors (Lipinski definition) is 6. The third kappa shape index (κ3) is 4.97. The number of carbonyl (C=O) groups is 1. The van der Waals surface area contributed by atoms with Gasteiger partial charge in [-0.1, -0.05) is 18.2 Å². The van der Waals surface area contributed by atoms with Gasteiger partial charge in [0.05, 0.1) is 4.92 Å². The van der Waals surface area contributed by atoms with Crippen LogP contribution >= 0.6 is 22.6 Å². The van der Waals surface area contributed by atoms with Crippen LogP contribution in [0.15, 0.2) is 83.5 Å². The number of nitrogens with zero attached hydrogens (tertiary/aromatic N) is 2. The lowest BCUT2D eigenvalue weighted by atomic mass is 10.1. The van der Waals surface area contributed by atoms with Crippen LogP contribution in [0.4, 0.5) is 5.69 Å². The number of para-hydroxylation sites is 1. The smallest absolute Gasteiger partial charge is 0.363 e. The van der Waals surface area contributed by atoms with Crippen molar-refractivity contribution in [1.82, 2.24) is 0 Å². The topological polar surface area (TPSA) is 91.0 Å². The summed E-state index contributed by atoms with van der Waals surface area (Å²) >= 11 is 2.20. The normalized spacial score (nSPS) is 14.3. The van der Waals surface area contributed by atoms with Crippen molar-refractivity contribution in [2.75, 3.05) is 0 Å². The fourth-order valence-electron chi connectivity index (χ4n) is 2.88. The van der Waals surface area contributed by atoms with Crippen molar-refractivity contribution in [3.8, 4) is 5.75 Å². The highest BCUT2D eigenvalue weighted by atomic mass is 127. The van der Waals surface area contributed by atoms with Gasteiger partial charge < -0.3 is 9.47 Å². The summed E-state index contributed by atoms with van der Waals surface area (Å²) in [6.07, 6.45) is 1.62. The highest BCUT2D eigenvalue weighted by Crippen LogP contribution is 2.26. The molecule has 0 aliphatic carbocycles. The molecular formula is C23H15IN2O5. The van der Waals surface area contributed by atoms with Crippen molar-refractivity contribution in [1.29, 1.82) is 0 Å². The maximum absolute atomic E-state index is 12.3. The van der Waals surface area contributed by atoms with Gasteiger partial charge in [-0.2, -0.15) is 0 Å². The quantitative estimate of drug-likeness (QED) is 0.146. The van der Waals surface area contributed by atoms with Gasteiger partial charge in [0, 0.05) is 26.8 Å². The number of nitro groups is 1. The molecule has 0 aromatic heterocycles. The van der Waals surface area contributed by atoms with Crippen molar-refractivity contribution < 1.29 is 19.2 Å². The minimum atomic E-state index is -0.529. The Morgan fingerprint density at radius 1 is 1.03 bits per heavy atom. The van der Waals surface area contributed by atoms with Crippen LogP contribution in [-0.4, -0.2) is 16.8 Å². The zero-order valence-corrected chi connectivity index (χ0v) is 18.2. The Kier molecular flexibility index (Phi) is 6.08. The Morgan fingerprint density at radius 2 is 1.74 bits per heavy atom. The van der Waals surface area contributed by atoms with Crippen molar-refractivity contribution in [2.24, 2.45) is 4.99 Å². The molecule has 0 unspecified atom stereocenters. The Labute approximate surface area is 191 Å². The molecule has 1 aliphatic heterocycles. The van der Waals surface area contributed by atoms with Gasteiger partial charge in [0.1, 0.15) is 12.4 Å². The molecule has 31 heavy (non-hydrogen) atoms. The van der Waals surface area contributed by atoms with E-state index in [2.05, 4.69) is 27.6 Å². The Balaban J connectivity index is 1.54.